The topological polar surface area (TPSA) is 129 Å². The van der Waals surface area contributed by atoms with Crippen LogP contribution in [-0.4, -0.2) is 82.4 Å². The zero-order valence-corrected chi connectivity index (χ0v) is 20.9. The molecule has 4 heterocycles. The van der Waals surface area contributed by atoms with Crippen molar-refractivity contribution < 1.29 is 24.5 Å². The zero-order valence-electron chi connectivity index (χ0n) is 20.9. The van der Waals surface area contributed by atoms with Crippen LogP contribution in [-0.2, 0) is 10.3 Å². The monoisotopic (exact) mass is 495 g/mol. The lowest BCUT2D eigenvalue weighted by Gasteiger charge is -2.45. The summed E-state index contributed by atoms with van der Waals surface area (Å²) in [6.45, 7) is 7.71. The highest BCUT2D eigenvalue weighted by Crippen LogP contribution is 2.34. The molecule has 10 heteroatoms. The van der Waals surface area contributed by atoms with Gasteiger partial charge in [-0.25, -0.2) is 4.98 Å². The molecule has 1 fully saturated rings. The number of carbonyl (C=O) groups is 1. The molecule has 0 aliphatic carbocycles. The molecule has 1 saturated heterocycles. The number of ether oxygens (including phenoxy) is 2. The third-order valence-electron chi connectivity index (χ3n) is 6.39. The summed E-state index contributed by atoms with van der Waals surface area (Å²) >= 11 is 0. The highest BCUT2D eigenvalue weighted by Gasteiger charge is 2.41. The number of aromatic nitrogens is 2. The van der Waals surface area contributed by atoms with E-state index in [0.29, 0.717) is 44.2 Å². The molecule has 1 unspecified atom stereocenters. The van der Waals surface area contributed by atoms with E-state index in [4.69, 9.17) is 19.6 Å². The lowest BCUT2D eigenvalue weighted by molar-refractivity contribution is -0.00627. The fourth-order valence-electron chi connectivity index (χ4n) is 4.34. The van der Waals surface area contributed by atoms with Crippen molar-refractivity contribution in [3.8, 4) is 5.88 Å². The Bertz CT molecular complexity index is 1140. The van der Waals surface area contributed by atoms with E-state index in [2.05, 4.69) is 20.2 Å². The minimum atomic E-state index is -1.10. The number of aliphatic imine (C=N–C) groups is 1. The van der Waals surface area contributed by atoms with Gasteiger partial charge in [-0.15, -0.1) is 0 Å². The van der Waals surface area contributed by atoms with Gasteiger partial charge in [-0.2, -0.15) is 0 Å². The summed E-state index contributed by atoms with van der Waals surface area (Å²) in [5, 5.41) is 22.6. The Labute approximate surface area is 210 Å². The first kappa shape index (κ1) is 25.9. The number of allylic oxidation sites excluding steroid dienone is 1. The standard InChI is InChI=1S/C26H33N5O5/c1-18-21(19-4-5-23(28-16-19)36-13-10-32)15-26(17-29-18,31-8-11-35-12-9-31)30-24(33)22-14-20(6-7-27-22)25(2,3)34/h4-7,14,16-17,32,34H,8-13,15H2,1-3H3,(H,30,33). The molecule has 0 saturated carbocycles. The Morgan fingerprint density at radius 3 is 2.69 bits per heavy atom. The zero-order chi connectivity index (χ0) is 25.8. The van der Waals surface area contributed by atoms with Crippen LogP contribution >= 0.6 is 0 Å². The molecule has 2 aliphatic heterocycles. The summed E-state index contributed by atoms with van der Waals surface area (Å²) in [7, 11) is 0. The number of hydrogen-bond acceptors (Lipinski definition) is 9. The largest absolute Gasteiger partial charge is 0.475 e. The summed E-state index contributed by atoms with van der Waals surface area (Å²) < 4.78 is 10.9. The first-order chi connectivity index (χ1) is 17.2. The van der Waals surface area contributed by atoms with Gasteiger partial charge in [-0.1, -0.05) is 0 Å². The van der Waals surface area contributed by atoms with Gasteiger partial charge in [0.1, 0.15) is 18.0 Å². The molecular weight excluding hydrogens is 462 g/mol. The van der Waals surface area contributed by atoms with Crippen LogP contribution in [0.3, 0.4) is 0 Å². The number of carbonyl (C=O) groups excluding carboxylic acids is 1. The van der Waals surface area contributed by atoms with Gasteiger partial charge < -0.3 is 25.0 Å². The minimum Gasteiger partial charge on any atom is -0.475 e. The molecule has 1 amide bonds. The molecule has 1 atom stereocenters. The second kappa shape index (κ2) is 10.8. The maximum Gasteiger partial charge on any atom is 0.271 e. The van der Waals surface area contributed by atoms with Crippen LogP contribution in [0.2, 0.25) is 0 Å². The third-order valence-corrected chi connectivity index (χ3v) is 6.39. The predicted molar refractivity (Wildman–Crippen MR) is 135 cm³/mol. The number of aliphatic hydroxyl groups is 2. The molecule has 2 aromatic rings. The highest BCUT2D eigenvalue weighted by atomic mass is 16.5. The second-order valence-electron chi connectivity index (χ2n) is 9.42. The van der Waals surface area contributed by atoms with E-state index >= 15 is 0 Å². The molecule has 4 rings (SSSR count). The van der Waals surface area contributed by atoms with E-state index in [1.807, 2.05) is 13.0 Å². The molecule has 3 N–H and O–H groups in total. The number of pyridine rings is 2. The maximum absolute atomic E-state index is 13.5. The number of amides is 1. The normalized spacial score (nSPS) is 20.9. The van der Waals surface area contributed by atoms with Gasteiger partial charge >= 0.3 is 0 Å². The summed E-state index contributed by atoms with van der Waals surface area (Å²) in [6.07, 6.45) is 5.51. The lowest BCUT2D eigenvalue weighted by Crippen LogP contribution is -2.65. The summed E-state index contributed by atoms with van der Waals surface area (Å²) in [5.41, 5.74) is 1.48. The van der Waals surface area contributed by atoms with E-state index in [9.17, 15) is 9.90 Å². The summed E-state index contributed by atoms with van der Waals surface area (Å²) in [5.74, 6) is 0.0692. The van der Waals surface area contributed by atoms with E-state index in [1.54, 1.807) is 44.5 Å². The molecule has 0 spiro atoms. The molecule has 10 nitrogen and oxygen atoms in total. The van der Waals surface area contributed by atoms with Crippen LogP contribution < -0.4 is 10.1 Å². The molecule has 192 valence electrons. The molecule has 0 aromatic carbocycles. The van der Waals surface area contributed by atoms with Gasteiger partial charge in [0.05, 0.1) is 25.4 Å². The minimum absolute atomic E-state index is 0.0856. The molecule has 0 radical (unpaired) electrons. The number of hydrogen-bond donors (Lipinski definition) is 3. The van der Waals surface area contributed by atoms with Crippen molar-refractivity contribution >= 4 is 17.7 Å². The van der Waals surface area contributed by atoms with Crippen molar-refractivity contribution in [2.75, 3.05) is 39.5 Å². The van der Waals surface area contributed by atoms with Crippen molar-refractivity contribution in [1.82, 2.24) is 20.2 Å². The Kier molecular flexibility index (Phi) is 7.79. The average molecular weight is 496 g/mol. The Morgan fingerprint density at radius 1 is 1.25 bits per heavy atom. The number of nitrogens with one attached hydrogen (secondary N) is 1. The average Bonchev–Trinajstić information content (AvgIpc) is 2.89. The van der Waals surface area contributed by atoms with Crippen LogP contribution in [0.15, 0.2) is 47.3 Å². The van der Waals surface area contributed by atoms with E-state index < -0.39 is 11.3 Å². The van der Waals surface area contributed by atoms with Crippen molar-refractivity contribution in [3.63, 3.8) is 0 Å². The lowest BCUT2D eigenvalue weighted by atomic mass is 9.90. The fraction of sp³-hybridized carbons (Fsp3) is 0.462. The predicted octanol–water partition coefficient (Wildman–Crippen LogP) is 1.74. The van der Waals surface area contributed by atoms with Crippen molar-refractivity contribution in [1.29, 1.82) is 0 Å². The number of morpholine rings is 1. The smallest absolute Gasteiger partial charge is 0.271 e. The van der Waals surface area contributed by atoms with Crippen LogP contribution in [0.25, 0.3) is 5.57 Å². The Morgan fingerprint density at radius 2 is 2.03 bits per heavy atom. The fourth-order valence-corrected chi connectivity index (χ4v) is 4.34. The Hall–Kier alpha value is -3.18. The number of rotatable bonds is 8. The van der Waals surface area contributed by atoms with E-state index in [-0.39, 0.29) is 24.8 Å². The second-order valence-corrected chi connectivity index (χ2v) is 9.42. The SMILES string of the molecule is CC1=C(c2ccc(OCCO)nc2)CC(NC(=O)c2cc(C(C)(C)O)ccn2)(N2CCOCC2)C=N1. The molecule has 36 heavy (non-hydrogen) atoms. The molecular formula is C26H33N5O5. The van der Waals surface area contributed by atoms with Crippen molar-refractivity contribution in [2.24, 2.45) is 4.99 Å². The van der Waals surface area contributed by atoms with Crippen LogP contribution in [0.5, 0.6) is 5.88 Å². The van der Waals surface area contributed by atoms with Crippen molar-refractivity contribution in [3.05, 3.63) is 59.2 Å². The van der Waals surface area contributed by atoms with E-state index in [1.165, 1.54) is 6.20 Å². The third kappa shape index (κ3) is 5.79. The first-order valence-electron chi connectivity index (χ1n) is 12.0. The highest BCUT2D eigenvalue weighted by molar-refractivity contribution is 5.96. The van der Waals surface area contributed by atoms with Gasteiger partial charge in [0.15, 0.2) is 0 Å². The van der Waals surface area contributed by atoms with Gasteiger partial charge in [0.25, 0.3) is 5.91 Å². The van der Waals surface area contributed by atoms with Gasteiger partial charge in [-0.3, -0.25) is 19.7 Å². The van der Waals surface area contributed by atoms with Crippen molar-refractivity contribution in [2.45, 2.75) is 38.5 Å². The summed E-state index contributed by atoms with van der Waals surface area (Å²) in [4.78, 5) is 28.9. The molecule has 2 aromatic heterocycles. The van der Waals surface area contributed by atoms with Gasteiger partial charge in [0, 0.05) is 49.9 Å². The van der Waals surface area contributed by atoms with Crippen LogP contribution in [0.4, 0.5) is 0 Å². The van der Waals surface area contributed by atoms with Crippen LogP contribution in [0.1, 0.15) is 48.8 Å². The number of nitrogens with zero attached hydrogens (tertiary/aromatic N) is 4. The van der Waals surface area contributed by atoms with Gasteiger partial charge in [0.2, 0.25) is 5.88 Å². The maximum atomic E-state index is 13.5. The van der Waals surface area contributed by atoms with E-state index in [0.717, 1.165) is 16.8 Å². The van der Waals surface area contributed by atoms with Crippen LogP contribution in [0, 0.1) is 0 Å². The quantitative estimate of drug-likeness (QED) is 0.505. The van der Waals surface area contributed by atoms with Gasteiger partial charge in [-0.05, 0) is 55.7 Å². The molecule has 2 aliphatic rings. The first-order valence-corrected chi connectivity index (χ1v) is 12.0. The Balaban J connectivity index is 1.64. The number of aliphatic hydroxyl groups excluding tert-OH is 1. The molecule has 0 bridgehead atoms. The summed E-state index contributed by atoms with van der Waals surface area (Å²) in [6, 6.07) is 6.96.